The Kier molecular flexibility index (Phi) is 4.13. The predicted octanol–water partition coefficient (Wildman–Crippen LogP) is 2.77. The zero-order valence-electron chi connectivity index (χ0n) is 10.7. The molecule has 0 bridgehead atoms. The van der Waals surface area contributed by atoms with Gasteiger partial charge in [-0.3, -0.25) is 4.79 Å². The number of nitrogens with zero attached hydrogens (tertiary/aromatic N) is 1. The van der Waals surface area contributed by atoms with Crippen LogP contribution >= 0.6 is 0 Å². The van der Waals surface area contributed by atoms with Crippen molar-refractivity contribution in [3.8, 4) is 17.0 Å². The number of aryl methyl sites for hydroxylation is 1. The molecule has 0 aliphatic rings. The summed E-state index contributed by atoms with van der Waals surface area (Å²) in [7, 11) is 1.58. The van der Waals surface area contributed by atoms with Gasteiger partial charge in [0, 0.05) is 24.2 Å². The Morgan fingerprint density at radius 3 is 2.74 bits per heavy atom. The predicted molar refractivity (Wildman–Crippen MR) is 72.2 cm³/mol. The minimum absolute atomic E-state index is 0.143. The van der Waals surface area contributed by atoms with E-state index in [4.69, 9.17) is 9.84 Å². The molecule has 1 N–H and O–H groups in total. The Morgan fingerprint density at radius 1 is 1.26 bits per heavy atom. The van der Waals surface area contributed by atoms with Crippen molar-refractivity contribution in [1.82, 2.24) is 4.98 Å². The third kappa shape index (κ3) is 3.55. The second-order valence-electron chi connectivity index (χ2n) is 4.18. The number of pyridine rings is 1. The van der Waals surface area contributed by atoms with Gasteiger partial charge in [-0.1, -0.05) is 24.3 Å². The van der Waals surface area contributed by atoms with Gasteiger partial charge < -0.3 is 9.84 Å². The number of carboxylic acids is 1. The summed E-state index contributed by atoms with van der Waals surface area (Å²) in [4.78, 5) is 14.7. The van der Waals surface area contributed by atoms with Gasteiger partial charge in [-0.15, -0.1) is 0 Å². The maximum Gasteiger partial charge on any atom is 0.303 e. The van der Waals surface area contributed by atoms with E-state index in [9.17, 15) is 4.79 Å². The first-order chi connectivity index (χ1) is 9.19. The lowest BCUT2D eigenvalue weighted by Gasteiger charge is -2.05. The summed E-state index contributed by atoms with van der Waals surface area (Å²) in [5.41, 5.74) is 3.02. The van der Waals surface area contributed by atoms with E-state index in [1.165, 1.54) is 0 Å². The average molecular weight is 257 g/mol. The monoisotopic (exact) mass is 257 g/mol. The summed E-state index contributed by atoms with van der Waals surface area (Å²) in [5.74, 6) is -0.206. The van der Waals surface area contributed by atoms with Crippen molar-refractivity contribution in [1.29, 1.82) is 0 Å². The molecule has 0 saturated heterocycles. The quantitative estimate of drug-likeness (QED) is 0.894. The van der Waals surface area contributed by atoms with Crippen LogP contribution in [0.2, 0.25) is 0 Å². The largest absolute Gasteiger partial charge is 0.481 e. The molecule has 4 heteroatoms. The molecule has 1 aromatic heterocycles. The van der Waals surface area contributed by atoms with Crippen molar-refractivity contribution in [2.24, 2.45) is 0 Å². The second-order valence-corrected chi connectivity index (χ2v) is 4.18. The van der Waals surface area contributed by atoms with Crippen molar-refractivity contribution < 1.29 is 14.6 Å². The Morgan fingerprint density at radius 2 is 2.11 bits per heavy atom. The Labute approximate surface area is 111 Å². The molecule has 0 atom stereocenters. The van der Waals surface area contributed by atoms with E-state index in [0.717, 1.165) is 16.7 Å². The second kappa shape index (κ2) is 6.00. The van der Waals surface area contributed by atoms with Crippen molar-refractivity contribution in [2.75, 3.05) is 7.11 Å². The lowest BCUT2D eigenvalue weighted by Crippen LogP contribution is -1.97. The molecule has 0 aliphatic carbocycles. The third-order valence-electron chi connectivity index (χ3n) is 2.83. The third-order valence-corrected chi connectivity index (χ3v) is 2.83. The van der Waals surface area contributed by atoms with Gasteiger partial charge in [0.25, 0.3) is 0 Å². The average Bonchev–Trinajstić information content (AvgIpc) is 2.45. The summed E-state index contributed by atoms with van der Waals surface area (Å²) in [6, 6.07) is 11.6. The lowest BCUT2D eigenvalue weighted by atomic mass is 10.0. The van der Waals surface area contributed by atoms with Crippen molar-refractivity contribution in [3.63, 3.8) is 0 Å². The first-order valence-corrected chi connectivity index (χ1v) is 6.00. The summed E-state index contributed by atoms with van der Waals surface area (Å²) in [6.07, 6.45) is 2.42. The van der Waals surface area contributed by atoms with E-state index in [1.54, 1.807) is 19.4 Å². The number of ether oxygens (including phenoxy) is 1. The van der Waals surface area contributed by atoms with Crippen LogP contribution in [0.15, 0.2) is 42.6 Å². The van der Waals surface area contributed by atoms with Crippen molar-refractivity contribution >= 4 is 5.97 Å². The van der Waals surface area contributed by atoms with E-state index >= 15 is 0 Å². The zero-order valence-corrected chi connectivity index (χ0v) is 10.7. The molecule has 0 fully saturated rings. The maximum absolute atomic E-state index is 10.6. The highest BCUT2D eigenvalue weighted by Gasteiger charge is 2.03. The van der Waals surface area contributed by atoms with Gasteiger partial charge in [0.05, 0.1) is 7.11 Å². The minimum atomic E-state index is -0.781. The van der Waals surface area contributed by atoms with Crippen LogP contribution in [-0.2, 0) is 11.2 Å². The van der Waals surface area contributed by atoms with Gasteiger partial charge >= 0.3 is 5.97 Å². The SMILES string of the molecule is COc1ccc(-c2cccc(CCC(=O)O)c2)cn1. The fourth-order valence-corrected chi connectivity index (χ4v) is 1.83. The number of hydrogen-bond acceptors (Lipinski definition) is 3. The van der Waals surface area contributed by atoms with E-state index in [-0.39, 0.29) is 6.42 Å². The number of benzene rings is 1. The fourth-order valence-electron chi connectivity index (χ4n) is 1.83. The number of aliphatic carboxylic acids is 1. The van der Waals surface area contributed by atoms with Gasteiger partial charge in [-0.25, -0.2) is 4.98 Å². The number of carbonyl (C=O) groups is 1. The summed E-state index contributed by atoms with van der Waals surface area (Å²) >= 11 is 0. The van der Waals surface area contributed by atoms with Gasteiger partial charge in [0.15, 0.2) is 0 Å². The number of rotatable bonds is 5. The van der Waals surface area contributed by atoms with E-state index in [0.29, 0.717) is 12.3 Å². The first kappa shape index (κ1) is 13.1. The molecule has 2 aromatic rings. The van der Waals surface area contributed by atoms with E-state index in [2.05, 4.69) is 4.98 Å². The Balaban J connectivity index is 2.19. The molecule has 4 nitrogen and oxygen atoms in total. The normalized spacial score (nSPS) is 10.2. The topological polar surface area (TPSA) is 59.4 Å². The zero-order chi connectivity index (χ0) is 13.7. The number of methoxy groups -OCH3 is 1. The van der Waals surface area contributed by atoms with E-state index < -0.39 is 5.97 Å². The summed E-state index contributed by atoms with van der Waals surface area (Å²) in [6.45, 7) is 0. The highest BCUT2D eigenvalue weighted by atomic mass is 16.5. The molecule has 0 aliphatic heterocycles. The molecule has 0 spiro atoms. The van der Waals surface area contributed by atoms with Crippen LogP contribution in [0.5, 0.6) is 5.88 Å². The number of aromatic nitrogens is 1. The van der Waals surface area contributed by atoms with Crippen LogP contribution in [0, 0.1) is 0 Å². The first-order valence-electron chi connectivity index (χ1n) is 6.00. The fraction of sp³-hybridized carbons (Fsp3) is 0.200. The van der Waals surface area contributed by atoms with Gasteiger partial charge in [0.1, 0.15) is 0 Å². The van der Waals surface area contributed by atoms with Crippen molar-refractivity contribution in [3.05, 3.63) is 48.2 Å². The van der Waals surface area contributed by atoms with Crippen LogP contribution in [0.4, 0.5) is 0 Å². The molecule has 1 aromatic carbocycles. The molecule has 98 valence electrons. The minimum Gasteiger partial charge on any atom is -0.481 e. The Bertz CT molecular complexity index is 564. The Hall–Kier alpha value is -2.36. The standard InChI is InChI=1S/C15H15NO3/c1-19-14-7-6-13(10-16-14)12-4-2-3-11(9-12)5-8-15(17)18/h2-4,6-7,9-10H,5,8H2,1H3,(H,17,18). The van der Waals surface area contributed by atoms with Gasteiger partial charge in [0.2, 0.25) is 5.88 Å². The van der Waals surface area contributed by atoms with E-state index in [1.807, 2.05) is 30.3 Å². The van der Waals surface area contributed by atoms with Gasteiger partial charge in [-0.05, 0) is 23.6 Å². The molecule has 2 rings (SSSR count). The van der Waals surface area contributed by atoms with Crippen molar-refractivity contribution in [2.45, 2.75) is 12.8 Å². The molecule has 19 heavy (non-hydrogen) atoms. The van der Waals surface area contributed by atoms with Gasteiger partial charge in [-0.2, -0.15) is 0 Å². The lowest BCUT2D eigenvalue weighted by molar-refractivity contribution is -0.136. The highest BCUT2D eigenvalue weighted by molar-refractivity contribution is 5.67. The van der Waals surface area contributed by atoms with Crippen LogP contribution in [0.25, 0.3) is 11.1 Å². The molecule has 0 saturated carbocycles. The summed E-state index contributed by atoms with van der Waals surface area (Å²) in [5, 5.41) is 8.69. The number of carboxylic acid groups (broad SMARTS) is 1. The van der Waals surface area contributed by atoms with Crippen LogP contribution in [0.3, 0.4) is 0 Å². The molecule has 0 unspecified atom stereocenters. The molecular formula is C15H15NO3. The molecule has 1 heterocycles. The smallest absolute Gasteiger partial charge is 0.303 e. The molecular weight excluding hydrogens is 242 g/mol. The summed E-state index contributed by atoms with van der Waals surface area (Å²) < 4.78 is 5.02. The van der Waals surface area contributed by atoms with Crippen LogP contribution in [0.1, 0.15) is 12.0 Å². The maximum atomic E-state index is 10.6. The molecule has 0 amide bonds. The van der Waals surface area contributed by atoms with Crippen LogP contribution in [-0.4, -0.2) is 23.2 Å². The van der Waals surface area contributed by atoms with Crippen LogP contribution < -0.4 is 4.74 Å². The number of hydrogen-bond donors (Lipinski definition) is 1. The highest BCUT2D eigenvalue weighted by Crippen LogP contribution is 2.21. The molecule has 0 radical (unpaired) electrons.